The Hall–Kier alpha value is -1.84. The number of rotatable bonds is 3. The molecule has 1 aromatic rings. The van der Waals surface area contributed by atoms with Crippen molar-refractivity contribution in [3.05, 3.63) is 29.8 Å². The zero-order valence-corrected chi connectivity index (χ0v) is 11.0. The third-order valence-corrected chi connectivity index (χ3v) is 2.92. The van der Waals surface area contributed by atoms with Crippen molar-refractivity contribution in [3.8, 4) is 0 Å². The van der Waals surface area contributed by atoms with Crippen LogP contribution in [0.15, 0.2) is 24.3 Å². The SMILES string of the molecule is Cc1ccc(N2C(=O)CN(CC(C)C)C2=O)cc1. The van der Waals surface area contributed by atoms with Crippen molar-refractivity contribution in [2.75, 3.05) is 18.0 Å². The van der Waals surface area contributed by atoms with Crippen LogP contribution in [0, 0.1) is 12.8 Å². The molecule has 1 fully saturated rings. The molecule has 4 nitrogen and oxygen atoms in total. The Labute approximate surface area is 107 Å². The van der Waals surface area contributed by atoms with E-state index in [0.717, 1.165) is 5.56 Å². The summed E-state index contributed by atoms with van der Waals surface area (Å²) in [6.07, 6.45) is 0. The highest BCUT2D eigenvalue weighted by atomic mass is 16.2. The maximum Gasteiger partial charge on any atom is 0.331 e. The van der Waals surface area contributed by atoms with Gasteiger partial charge in [-0.1, -0.05) is 31.5 Å². The quantitative estimate of drug-likeness (QED) is 0.768. The van der Waals surface area contributed by atoms with Gasteiger partial charge in [0.1, 0.15) is 6.54 Å². The van der Waals surface area contributed by atoms with Gasteiger partial charge < -0.3 is 4.90 Å². The number of nitrogens with zero attached hydrogens (tertiary/aromatic N) is 2. The van der Waals surface area contributed by atoms with Crippen LogP contribution in [0.5, 0.6) is 0 Å². The van der Waals surface area contributed by atoms with E-state index in [0.29, 0.717) is 18.2 Å². The summed E-state index contributed by atoms with van der Waals surface area (Å²) < 4.78 is 0. The maximum absolute atomic E-state index is 12.2. The number of amides is 3. The van der Waals surface area contributed by atoms with Gasteiger partial charge in [0, 0.05) is 6.54 Å². The summed E-state index contributed by atoms with van der Waals surface area (Å²) >= 11 is 0. The highest BCUT2D eigenvalue weighted by molar-refractivity contribution is 6.19. The molecule has 0 aliphatic carbocycles. The first-order chi connectivity index (χ1) is 8.49. The predicted molar refractivity (Wildman–Crippen MR) is 70.5 cm³/mol. The van der Waals surface area contributed by atoms with Gasteiger partial charge in [-0.3, -0.25) is 4.79 Å². The molecule has 1 aliphatic heterocycles. The van der Waals surface area contributed by atoms with E-state index >= 15 is 0 Å². The fraction of sp³-hybridized carbons (Fsp3) is 0.429. The molecule has 0 saturated carbocycles. The number of carbonyl (C=O) groups excluding carboxylic acids is 2. The predicted octanol–water partition coefficient (Wildman–Crippen LogP) is 2.42. The normalized spacial score (nSPS) is 16.0. The number of anilines is 1. The molecule has 0 bridgehead atoms. The van der Waals surface area contributed by atoms with Gasteiger partial charge in [-0.2, -0.15) is 0 Å². The largest absolute Gasteiger partial charge is 0.331 e. The minimum atomic E-state index is -0.211. The molecule has 18 heavy (non-hydrogen) atoms. The zero-order chi connectivity index (χ0) is 13.3. The molecule has 1 saturated heterocycles. The highest BCUT2D eigenvalue weighted by Gasteiger charge is 2.36. The molecule has 96 valence electrons. The lowest BCUT2D eigenvalue weighted by Gasteiger charge is -2.18. The summed E-state index contributed by atoms with van der Waals surface area (Å²) in [7, 11) is 0. The molecule has 0 aromatic heterocycles. The summed E-state index contributed by atoms with van der Waals surface area (Å²) in [5, 5.41) is 0. The van der Waals surface area contributed by atoms with Gasteiger partial charge in [-0.15, -0.1) is 0 Å². The zero-order valence-electron chi connectivity index (χ0n) is 11.0. The first kappa shape index (κ1) is 12.6. The number of urea groups is 1. The lowest BCUT2D eigenvalue weighted by molar-refractivity contribution is -0.116. The number of hydrogen-bond donors (Lipinski definition) is 0. The van der Waals surface area contributed by atoms with E-state index in [1.165, 1.54) is 4.90 Å². The van der Waals surface area contributed by atoms with E-state index in [2.05, 4.69) is 0 Å². The molecule has 0 atom stereocenters. The first-order valence-electron chi connectivity index (χ1n) is 6.17. The highest BCUT2D eigenvalue weighted by Crippen LogP contribution is 2.22. The fourth-order valence-corrected chi connectivity index (χ4v) is 2.08. The van der Waals surface area contributed by atoms with Crippen LogP contribution in [-0.4, -0.2) is 29.9 Å². The molecule has 0 N–H and O–H groups in total. The van der Waals surface area contributed by atoms with Crippen LogP contribution >= 0.6 is 0 Å². The Kier molecular flexibility index (Phi) is 3.36. The van der Waals surface area contributed by atoms with E-state index in [-0.39, 0.29) is 18.5 Å². The van der Waals surface area contributed by atoms with Gasteiger partial charge in [-0.05, 0) is 25.0 Å². The first-order valence-corrected chi connectivity index (χ1v) is 6.17. The molecule has 0 spiro atoms. The van der Waals surface area contributed by atoms with Crippen LogP contribution in [0.2, 0.25) is 0 Å². The monoisotopic (exact) mass is 246 g/mol. The number of aryl methyl sites for hydroxylation is 1. The molecular formula is C14H18N2O2. The molecule has 0 radical (unpaired) electrons. The summed E-state index contributed by atoms with van der Waals surface area (Å²) in [6, 6.07) is 7.22. The summed E-state index contributed by atoms with van der Waals surface area (Å²) in [6.45, 7) is 6.85. The Morgan fingerprint density at radius 2 is 1.78 bits per heavy atom. The van der Waals surface area contributed by atoms with Gasteiger partial charge in [0.25, 0.3) is 5.91 Å². The average Bonchev–Trinajstić information content (AvgIpc) is 2.55. The smallest absolute Gasteiger partial charge is 0.314 e. The van der Waals surface area contributed by atoms with Gasteiger partial charge >= 0.3 is 6.03 Å². The maximum atomic E-state index is 12.2. The molecular weight excluding hydrogens is 228 g/mol. The van der Waals surface area contributed by atoms with Crippen molar-refractivity contribution in [3.63, 3.8) is 0 Å². The van der Waals surface area contributed by atoms with Gasteiger partial charge in [0.05, 0.1) is 5.69 Å². The van der Waals surface area contributed by atoms with Crippen LogP contribution < -0.4 is 4.90 Å². The second kappa shape index (κ2) is 4.80. The Bertz CT molecular complexity index is 465. The molecule has 0 unspecified atom stereocenters. The van der Waals surface area contributed by atoms with E-state index in [1.807, 2.05) is 45.0 Å². The molecule has 1 heterocycles. The van der Waals surface area contributed by atoms with Crippen molar-refractivity contribution in [1.82, 2.24) is 4.90 Å². The molecule has 1 aliphatic rings. The van der Waals surface area contributed by atoms with Crippen molar-refractivity contribution >= 4 is 17.6 Å². The van der Waals surface area contributed by atoms with E-state index in [9.17, 15) is 9.59 Å². The van der Waals surface area contributed by atoms with Crippen LogP contribution in [-0.2, 0) is 4.79 Å². The van der Waals surface area contributed by atoms with Gasteiger partial charge in [0.15, 0.2) is 0 Å². The molecule has 3 amide bonds. The van der Waals surface area contributed by atoms with Crippen LogP contribution in [0.3, 0.4) is 0 Å². The second-order valence-corrected chi connectivity index (χ2v) is 5.12. The summed E-state index contributed by atoms with van der Waals surface area (Å²) in [4.78, 5) is 27.0. The third-order valence-electron chi connectivity index (χ3n) is 2.92. The fourth-order valence-electron chi connectivity index (χ4n) is 2.08. The van der Waals surface area contributed by atoms with Crippen molar-refractivity contribution in [1.29, 1.82) is 0 Å². The van der Waals surface area contributed by atoms with E-state index in [4.69, 9.17) is 0 Å². The minimum Gasteiger partial charge on any atom is -0.314 e. The number of hydrogen-bond acceptors (Lipinski definition) is 2. The molecule has 2 rings (SSSR count). The number of carbonyl (C=O) groups is 2. The van der Waals surface area contributed by atoms with Crippen molar-refractivity contribution in [2.45, 2.75) is 20.8 Å². The second-order valence-electron chi connectivity index (χ2n) is 5.12. The number of imide groups is 1. The average molecular weight is 246 g/mol. The van der Waals surface area contributed by atoms with Crippen molar-refractivity contribution in [2.24, 2.45) is 5.92 Å². The van der Waals surface area contributed by atoms with Crippen LogP contribution in [0.25, 0.3) is 0 Å². The minimum absolute atomic E-state index is 0.149. The van der Waals surface area contributed by atoms with E-state index in [1.54, 1.807) is 4.90 Å². The lowest BCUT2D eigenvalue weighted by atomic mass is 10.2. The van der Waals surface area contributed by atoms with Crippen LogP contribution in [0.1, 0.15) is 19.4 Å². The van der Waals surface area contributed by atoms with Gasteiger partial charge in [0.2, 0.25) is 0 Å². The standard InChI is InChI=1S/C14H18N2O2/c1-10(2)8-15-9-13(17)16(14(15)18)12-6-4-11(3)5-7-12/h4-7,10H,8-9H2,1-3H3. The summed E-state index contributed by atoms with van der Waals surface area (Å²) in [5.74, 6) is 0.212. The van der Waals surface area contributed by atoms with Crippen molar-refractivity contribution < 1.29 is 9.59 Å². The third kappa shape index (κ3) is 2.37. The molecule has 4 heteroatoms. The van der Waals surface area contributed by atoms with Crippen LogP contribution in [0.4, 0.5) is 10.5 Å². The Balaban J connectivity index is 2.21. The van der Waals surface area contributed by atoms with Gasteiger partial charge in [-0.25, -0.2) is 9.69 Å². The Morgan fingerprint density at radius 3 is 2.33 bits per heavy atom. The molecule has 1 aromatic carbocycles. The van der Waals surface area contributed by atoms with E-state index < -0.39 is 0 Å². The lowest BCUT2D eigenvalue weighted by Crippen LogP contribution is -2.34. The Morgan fingerprint density at radius 1 is 1.17 bits per heavy atom. The topological polar surface area (TPSA) is 40.6 Å². The summed E-state index contributed by atoms with van der Waals surface area (Å²) in [5.41, 5.74) is 1.76. The number of benzene rings is 1.